The van der Waals surface area contributed by atoms with Crippen LogP contribution < -0.4 is 16.0 Å². The second-order valence-corrected chi connectivity index (χ2v) is 8.65. The standard InChI is InChI=1S/C24H37N5O2.HI/c1-3-26-24(29-13-11-18(12-14-29)16-22(30)25-2)27-17-19-7-6-10-21(15-19)28-23(31)20-8-4-5-9-20;/h6-7,10,15,18,20H,3-5,8-9,11-14,16-17H2,1-2H3,(H,25,30)(H,26,27)(H,28,31);1H. The fraction of sp³-hybridized carbons (Fsp3) is 0.625. The van der Waals surface area contributed by atoms with Crippen LogP contribution in [-0.4, -0.2) is 49.4 Å². The van der Waals surface area contributed by atoms with E-state index < -0.39 is 0 Å². The first-order chi connectivity index (χ1) is 15.1. The Balaban J connectivity index is 0.00000363. The van der Waals surface area contributed by atoms with Crippen LogP contribution in [-0.2, 0) is 16.1 Å². The molecule has 0 aromatic heterocycles. The fourth-order valence-corrected chi connectivity index (χ4v) is 4.48. The van der Waals surface area contributed by atoms with Crippen molar-refractivity contribution in [2.45, 2.75) is 58.4 Å². The van der Waals surface area contributed by atoms with E-state index in [0.717, 1.165) is 75.4 Å². The summed E-state index contributed by atoms with van der Waals surface area (Å²) in [6, 6.07) is 8.00. The van der Waals surface area contributed by atoms with Crippen molar-refractivity contribution in [2.24, 2.45) is 16.8 Å². The SMILES string of the molecule is CCNC(=NCc1cccc(NC(=O)C2CCCC2)c1)N1CCC(CC(=O)NC)CC1.I. The van der Waals surface area contributed by atoms with Crippen molar-refractivity contribution in [1.29, 1.82) is 0 Å². The summed E-state index contributed by atoms with van der Waals surface area (Å²) < 4.78 is 0. The zero-order valence-corrected chi connectivity index (χ0v) is 21.7. The molecule has 3 N–H and O–H groups in total. The molecule has 2 aliphatic rings. The second-order valence-electron chi connectivity index (χ2n) is 8.65. The number of rotatable bonds is 7. The maximum absolute atomic E-state index is 12.4. The molecule has 0 unspecified atom stereocenters. The molecule has 0 atom stereocenters. The van der Waals surface area contributed by atoms with Crippen LogP contribution in [0.4, 0.5) is 5.69 Å². The Morgan fingerprint density at radius 2 is 1.84 bits per heavy atom. The van der Waals surface area contributed by atoms with Crippen LogP contribution in [0.2, 0.25) is 0 Å². The Hall–Kier alpha value is -1.84. The Morgan fingerprint density at radius 3 is 2.50 bits per heavy atom. The first-order valence-electron chi connectivity index (χ1n) is 11.7. The molecule has 1 aromatic carbocycles. The highest BCUT2D eigenvalue weighted by atomic mass is 127. The number of halogens is 1. The topological polar surface area (TPSA) is 85.8 Å². The molecule has 1 saturated heterocycles. The smallest absolute Gasteiger partial charge is 0.227 e. The molecule has 2 amide bonds. The van der Waals surface area contributed by atoms with Crippen LogP contribution in [0.25, 0.3) is 0 Å². The number of amides is 2. The zero-order chi connectivity index (χ0) is 22.1. The summed E-state index contributed by atoms with van der Waals surface area (Å²) in [5.74, 6) is 1.79. The van der Waals surface area contributed by atoms with Gasteiger partial charge < -0.3 is 20.9 Å². The van der Waals surface area contributed by atoms with Crippen LogP contribution in [0.15, 0.2) is 29.3 Å². The summed E-state index contributed by atoms with van der Waals surface area (Å²) in [6.07, 6.45) is 6.92. The number of carbonyl (C=O) groups is 2. The number of guanidine groups is 1. The van der Waals surface area contributed by atoms with Gasteiger partial charge in [-0.05, 0) is 56.2 Å². The molecule has 0 bridgehead atoms. The van der Waals surface area contributed by atoms with Gasteiger partial charge in [-0.3, -0.25) is 9.59 Å². The van der Waals surface area contributed by atoms with E-state index in [-0.39, 0.29) is 41.7 Å². The van der Waals surface area contributed by atoms with Gasteiger partial charge in [0, 0.05) is 44.7 Å². The molecule has 0 radical (unpaired) electrons. The Labute approximate surface area is 209 Å². The number of nitrogens with one attached hydrogen (secondary N) is 3. The molecule has 1 aliphatic carbocycles. The van der Waals surface area contributed by atoms with Gasteiger partial charge in [-0.15, -0.1) is 24.0 Å². The van der Waals surface area contributed by atoms with Gasteiger partial charge >= 0.3 is 0 Å². The number of likely N-dealkylation sites (tertiary alicyclic amines) is 1. The molecular weight excluding hydrogens is 517 g/mol. The highest BCUT2D eigenvalue weighted by Gasteiger charge is 2.24. The van der Waals surface area contributed by atoms with Crippen molar-refractivity contribution in [3.63, 3.8) is 0 Å². The maximum Gasteiger partial charge on any atom is 0.227 e. The summed E-state index contributed by atoms with van der Waals surface area (Å²) in [5, 5.41) is 9.20. The fourth-order valence-electron chi connectivity index (χ4n) is 4.48. The summed E-state index contributed by atoms with van der Waals surface area (Å²) in [5.41, 5.74) is 1.93. The lowest BCUT2D eigenvalue weighted by Gasteiger charge is -2.34. The number of carbonyl (C=O) groups excluding carboxylic acids is 2. The number of aliphatic imine (C=N–C) groups is 1. The molecule has 178 valence electrons. The van der Waals surface area contributed by atoms with Gasteiger partial charge in [0.25, 0.3) is 0 Å². The van der Waals surface area contributed by atoms with Crippen molar-refractivity contribution in [3.8, 4) is 0 Å². The van der Waals surface area contributed by atoms with Crippen molar-refractivity contribution < 1.29 is 9.59 Å². The third-order valence-corrected chi connectivity index (χ3v) is 6.33. The van der Waals surface area contributed by atoms with Crippen LogP contribution in [0.1, 0.15) is 57.4 Å². The molecule has 8 heteroatoms. The molecule has 1 aromatic rings. The average molecular weight is 556 g/mol. The molecule has 32 heavy (non-hydrogen) atoms. The van der Waals surface area contributed by atoms with E-state index in [9.17, 15) is 9.59 Å². The summed E-state index contributed by atoms with van der Waals surface area (Å²) in [7, 11) is 1.70. The van der Waals surface area contributed by atoms with Crippen LogP contribution in [0.5, 0.6) is 0 Å². The Morgan fingerprint density at radius 1 is 1.12 bits per heavy atom. The molecule has 2 fully saturated rings. The average Bonchev–Trinajstić information content (AvgIpc) is 3.33. The van der Waals surface area contributed by atoms with Gasteiger partial charge in [-0.1, -0.05) is 25.0 Å². The minimum atomic E-state index is 0. The number of anilines is 1. The predicted octanol–water partition coefficient (Wildman–Crippen LogP) is 3.75. The molecule has 1 saturated carbocycles. The highest BCUT2D eigenvalue weighted by Crippen LogP contribution is 2.26. The number of hydrogen-bond donors (Lipinski definition) is 3. The van der Waals surface area contributed by atoms with Crippen molar-refractivity contribution in [1.82, 2.24) is 15.5 Å². The quantitative estimate of drug-likeness (QED) is 0.272. The van der Waals surface area contributed by atoms with Crippen LogP contribution in [0, 0.1) is 11.8 Å². The largest absolute Gasteiger partial charge is 0.359 e. The van der Waals surface area contributed by atoms with Gasteiger partial charge in [0.1, 0.15) is 0 Å². The van der Waals surface area contributed by atoms with Crippen molar-refractivity contribution in [3.05, 3.63) is 29.8 Å². The summed E-state index contributed by atoms with van der Waals surface area (Å²) >= 11 is 0. The molecule has 1 aliphatic heterocycles. The number of nitrogens with zero attached hydrogens (tertiary/aromatic N) is 2. The van der Waals surface area contributed by atoms with E-state index in [2.05, 4.69) is 27.8 Å². The van der Waals surface area contributed by atoms with Crippen molar-refractivity contribution in [2.75, 3.05) is 32.0 Å². The zero-order valence-electron chi connectivity index (χ0n) is 19.4. The van der Waals surface area contributed by atoms with Gasteiger partial charge in [0.05, 0.1) is 6.54 Å². The van der Waals surface area contributed by atoms with Crippen molar-refractivity contribution >= 4 is 47.4 Å². The normalized spacial score (nSPS) is 17.6. The van der Waals surface area contributed by atoms with E-state index in [4.69, 9.17) is 4.99 Å². The monoisotopic (exact) mass is 555 g/mol. The summed E-state index contributed by atoms with van der Waals surface area (Å²) in [6.45, 7) is 5.27. The Kier molecular flexibility index (Phi) is 11.3. The molecule has 0 spiro atoms. The van der Waals surface area contributed by atoms with Gasteiger partial charge in [-0.25, -0.2) is 4.99 Å². The minimum Gasteiger partial charge on any atom is -0.359 e. The second kappa shape index (κ2) is 13.6. The lowest BCUT2D eigenvalue weighted by atomic mass is 9.93. The van der Waals surface area contributed by atoms with Gasteiger partial charge in [0.15, 0.2) is 5.96 Å². The molecular formula is C24H38IN5O2. The third kappa shape index (κ3) is 7.94. The first-order valence-corrected chi connectivity index (χ1v) is 11.7. The van der Waals surface area contributed by atoms with E-state index in [0.29, 0.717) is 18.9 Å². The van der Waals surface area contributed by atoms with E-state index in [1.165, 1.54) is 0 Å². The number of piperidine rings is 1. The van der Waals surface area contributed by atoms with E-state index >= 15 is 0 Å². The maximum atomic E-state index is 12.4. The lowest BCUT2D eigenvalue weighted by Crippen LogP contribution is -2.46. The number of benzene rings is 1. The minimum absolute atomic E-state index is 0. The van der Waals surface area contributed by atoms with Gasteiger partial charge in [0.2, 0.25) is 11.8 Å². The van der Waals surface area contributed by atoms with Crippen LogP contribution in [0.3, 0.4) is 0 Å². The van der Waals surface area contributed by atoms with E-state index in [1.807, 2.05) is 24.3 Å². The first kappa shape index (κ1) is 26.4. The Bertz CT molecular complexity index is 771. The highest BCUT2D eigenvalue weighted by molar-refractivity contribution is 14.0. The molecule has 3 rings (SSSR count). The van der Waals surface area contributed by atoms with Gasteiger partial charge in [-0.2, -0.15) is 0 Å². The van der Waals surface area contributed by atoms with E-state index in [1.54, 1.807) is 7.05 Å². The lowest BCUT2D eigenvalue weighted by molar-refractivity contribution is -0.122. The van der Waals surface area contributed by atoms with Crippen LogP contribution >= 0.6 is 24.0 Å². The number of hydrogen-bond acceptors (Lipinski definition) is 3. The predicted molar refractivity (Wildman–Crippen MR) is 140 cm³/mol. The summed E-state index contributed by atoms with van der Waals surface area (Å²) in [4.78, 5) is 31.2. The third-order valence-electron chi connectivity index (χ3n) is 6.33. The molecule has 7 nitrogen and oxygen atoms in total. The molecule has 1 heterocycles.